The predicted octanol–water partition coefficient (Wildman–Crippen LogP) is 9.07. The summed E-state index contributed by atoms with van der Waals surface area (Å²) in [6.45, 7) is 20.5. The lowest BCUT2D eigenvalue weighted by atomic mass is 10.1. The Kier molecular flexibility index (Phi) is 13.1. The molecule has 4 amide bonds. The molecule has 0 atom stereocenters. The van der Waals surface area contributed by atoms with Gasteiger partial charge in [0.2, 0.25) is 11.9 Å². The molecule has 3 aromatic rings. The van der Waals surface area contributed by atoms with Crippen molar-refractivity contribution < 1.29 is 42.5 Å². The molecule has 1 heterocycles. The number of ether oxygens (including phenoxy) is 4. The fourth-order valence-corrected chi connectivity index (χ4v) is 4.08. The molecule has 3 rings (SSSR count). The number of carbonyl (C=O) groups is 4. The van der Waals surface area contributed by atoms with Crippen molar-refractivity contribution in [3.8, 4) is 22.6 Å². The van der Waals surface area contributed by atoms with Crippen LogP contribution in [-0.4, -0.2) is 58.7 Å². The number of hydrogen-bond acceptors (Lipinski definition) is 9. The van der Waals surface area contributed by atoms with Crippen LogP contribution >= 0.6 is 0 Å². The normalized spacial score (nSPS) is 12.7. The van der Waals surface area contributed by atoms with Crippen LogP contribution in [0, 0.1) is 0 Å². The van der Waals surface area contributed by atoms with E-state index in [9.17, 15) is 19.2 Å². The number of nitrogens with zero attached hydrogens (tertiary/aromatic N) is 2. The monoisotopic (exact) mass is 734 g/mol. The molecule has 0 aliphatic rings. The molecule has 0 saturated heterocycles. The van der Waals surface area contributed by atoms with Crippen LogP contribution in [0.2, 0.25) is 0 Å². The van der Waals surface area contributed by atoms with E-state index in [-0.39, 0.29) is 11.9 Å². The molecule has 0 aliphatic carbocycles. The number of carbonyl (C=O) groups excluding carboxylic acids is 4. The Morgan fingerprint density at radius 3 is 1.06 bits per heavy atom. The Morgan fingerprint density at radius 2 is 0.774 bits per heavy atom. The fourth-order valence-electron chi connectivity index (χ4n) is 4.08. The summed E-state index contributed by atoms with van der Waals surface area (Å²) >= 11 is 0. The zero-order chi connectivity index (χ0) is 39.8. The van der Waals surface area contributed by atoms with Crippen molar-refractivity contribution in [2.75, 3.05) is 10.6 Å². The Balaban J connectivity index is 1.75. The van der Waals surface area contributed by atoms with Gasteiger partial charge >= 0.3 is 24.4 Å². The summed E-state index contributed by atoms with van der Waals surface area (Å²) in [5, 5.41) is 10.7. The number of guanidine groups is 2. The van der Waals surface area contributed by atoms with Crippen LogP contribution in [0.5, 0.6) is 0 Å². The van der Waals surface area contributed by atoms with Crippen LogP contribution in [0.15, 0.2) is 75.1 Å². The summed E-state index contributed by atoms with van der Waals surface area (Å²) in [4.78, 5) is 57.5. The second-order valence-corrected chi connectivity index (χ2v) is 15.7. The quantitative estimate of drug-likeness (QED) is 0.114. The lowest BCUT2D eigenvalue weighted by Crippen LogP contribution is -2.40. The first-order valence-electron chi connectivity index (χ1n) is 16.8. The molecule has 0 fully saturated rings. The van der Waals surface area contributed by atoms with E-state index in [1.807, 2.05) is 12.1 Å². The first-order valence-corrected chi connectivity index (χ1v) is 16.8. The van der Waals surface area contributed by atoms with Crippen molar-refractivity contribution in [2.24, 2.45) is 9.98 Å². The summed E-state index contributed by atoms with van der Waals surface area (Å²) in [5.74, 6) is 0.805. The average molecular weight is 735 g/mol. The molecular weight excluding hydrogens is 684 g/mol. The van der Waals surface area contributed by atoms with E-state index in [1.165, 1.54) is 0 Å². The van der Waals surface area contributed by atoms with Crippen LogP contribution in [0.3, 0.4) is 0 Å². The zero-order valence-corrected chi connectivity index (χ0v) is 32.3. The molecule has 0 saturated carbocycles. The van der Waals surface area contributed by atoms with Crippen LogP contribution in [0.1, 0.15) is 83.1 Å². The maximum Gasteiger partial charge on any atom is 0.437 e. The van der Waals surface area contributed by atoms with Crippen molar-refractivity contribution in [2.45, 2.75) is 105 Å². The molecule has 15 heteroatoms. The number of benzene rings is 2. The van der Waals surface area contributed by atoms with Gasteiger partial charge in [0.05, 0.1) is 0 Å². The number of hydrogen-bond donors (Lipinski definition) is 4. The van der Waals surface area contributed by atoms with Gasteiger partial charge in [0.25, 0.3) is 0 Å². The van der Waals surface area contributed by atoms with Gasteiger partial charge in [-0.1, -0.05) is 0 Å². The smallest absolute Gasteiger partial charge is 0.437 e. The Labute approximate surface area is 309 Å². The number of anilines is 2. The van der Waals surface area contributed by atoms with E-state index in [4.69, 9.17) is 23.4 Å². The molecule has 4 N–H and O–H groups in total. The molecule has 0 aliphatic heterocycles. The van der Waals surface area contributed by atoms with Gasteiger partial charge in [-0.3, -0.25) is 10.6 Å². The van der Waals surface area contributed by atoms with Gasteiger partial charge in [-0.2, -0.15) is 0 Å². The molecule has 2 aromatic carbocycles. The highest BCUT2D eigenvalue weighted by Crippen LogP contribution is 2.30. The molecule has 286 valence electrons. The van der Waals surface area contributed by atoms with E-state index in [0.717, 1.165) is 11.1 Å². The highest BCUT2D eigenvalue weighted by molar-refractivity contribution is 6.07. The SMILES string of the molecule is CC(C)(C)OC(=O)/N=C(\NC(=O)OC(C)(C)C)Nc1ccc(-c2ccc(-c3ccc(N/C(=N/C(=O)OC(C)(C)C)NC(=O)OC(C)(C)C)cc3)o2)cc1. The Hall–Kier alpha value is -5.86. The van der Waals surface area contributed by atoms with Gasteiger partial charge in [0.1, 0.15) is 33.9 Å². The molecule has 53 heavy (non-hydrogen) atoms. The molecule has 0 bridgehead atoms. The van der Waals surface area contributed by atoms with Crippen molar-refractivity contribution in [3.63, 3.8) is 0 Å². The molecule has 1 aromatic heterocycles. The lowest BCUT2D eigenvalue weighted by molar-refractivity contribution is 0.0545. The number of amides is 4. The van der Waals surface area contributed by atoms with Crippen molar-refractivity contribution in [1.82, 2.24) is 10.6 Å². The maximum atomic E-state index is 12.4. The highest BCUT2D eigenvalue weighted by Gasteiger charge is 2.22. The minimum absolute atomic E-state index is 0.177. The van der Waals surface area contributed by atoms with Crippen LogP contribution in [0.4, 0.5) is 30.6 Å². The lowest BCUT2D eigenvalue weighted by Gasteiger charge is -2.21. The molecule has 0 radical (unpaired) electrons. The van der Waals surface area contributed by atoms with Gasteiger partial charge in [-0.05, 0) is 144 Å². The third-order valence-electron chi connectivity index (χ3n) is 5.90. The van der Waals surface area contributed by atoms with Crippen LogP contribution < -0.4 is 21.3 Å². The summed E-state index contributed by atoms with van der Waals surface area (Å²) in [5.41, 5.74) is -0.595. The second kappa shape index (κ2) is 16.7. The third-order valence-corrected chi connectivity index (χ3v) is 5.90. The van der Waals surface area contributed by atoms with E-state index < -0.39 is 46.8 Å². The van der Waals surface area contributed by atoms with Crippen molar-refractivity contribution in [1.29, 1.82) is 0 Å². The molecular formula is C38H50N6O9. The second-order valence-electron chi connectivity index (χ2n) is 15.7. The van der Waals surface area contributed by atoms with Gasteiger partial charge in [0, 0.05) is 22.5 Å². The largest absolute Gasteiger partial charge is 0.456 e. The van der Waals surface area contributed by atoms with Gasteiger partial charge in [0.15, 0.2) is 0 Å². The molecule has 15 nitrogen and oxygen atoms in total. The minimum atomic E-state index is -0.897. The number of furan rings is 1. The highest BCUT2D eigenvalue weighted by atomic mass is 16.6. The summed E-state index contributed by atoms with van der Waals surface area (Å²) in [6, 6.07) is 17.7. The topological polar surface area (TPSA) is 191 Å². The van der Waals surface area contributed by atoms with Crippen LogP contribution in [-0.2, 0) is 18.9 Å². The number of nitrogens with one attached hydrogen (secondary N) is 4. The fraction of sp³-hybridized carbons (Fsp3) is 0.421. The van der Waals surface area contributed by atoms with Crippen molar-refractivity contribution >= 4 is 47.7 Å². The van der Waals surface area contributed by atoms with E-state index in [1.54, 1.807) is 132 Å². The van der Waals surface area contributed by atoms with E-state index in [2.05, 4.69) is 31.3 Å². The minimum Gasteiger partial charge on any atom is -0.456 e. The average Bonchev–Trinajstić information content (AvgIpc) is 3.44. The number of alkyl carbamates (subject to hydrolysis) is 2. The molecule has 0 spiro atoms. The zero-order valence-electron chi connectivity index (χ0n) is 32.3. The van der Waals surface area contributed by atoms with Crippen LogP contribution in [0.25, 0.3) is 22.6 Å². The van der Waals surface area contributed by atoms with Gasteiger partial charge in [-0.25, -0.2) is 19.2 Å². The predicted molar refractivity (Wildman–Crippen MR) is 203 cm³/mol. The first kappa shape index (κ1) is 41.6. The standard InChI is InChI=1S/C38H50N6O9/c1-35(2,3)50-31(45)41-29(42-32(46)51-36(4,5)6)39-25-17-13-23(14-18-25)27-21-22-28(49-27)24-15-19-26(20-16-24)40-30(43-33(47)52-37(7,8)9)44-34(48)53-38(10,11)12/h13-22H,1-12H3,(H2,39,41,42,45,46)(H2,40,43,44,47,48). The third kappa shape index (κ3) is 15.9. The Morgan fingerprint density at radius 1 is 0.472 bits per heavy atom. The summed E-state index contributed by atoms with van der Waals surface area (Å²) in [6.07, 6.45) is -3.40. The van der Waals surface area contributed by atoms with Crippen molar-refractivity contribution in [3.05, 3.63) is 60.7 Å². The molecule has 0 unspecified atom stereocenters. The van der Waals surface area contributed by atoms with Gasteiger partial charge < -0.3 is 34.0 Å². The number of rotatable bonds is 4. The van der Waals surface area contributed by atoms with E-state index in [0.29, 0.717) is 22.9 Å². The number of aliphatic imine (C=N–C) groups is 2. The first-order chi connectivity index (χ1) is 24.3. The van der Waals surface area contributed by atoms with Gasteiger partial charge in [-0.15, -0.1) is 9.98 Å². The maximum absolute atomic E-state index is 12.4. The summed E-state index contributed by atoms with van der Waals surface area (Å²) in [7, 11) is 0. The Bertz CT molecular complexity index is 1690. The van der Waals surface area contributed by atoms with E-state index >= 15 is 0 Å². The summed E-state index contributed by atoms with van der Waals surface area (Å²) < 4.78 is 27.3.